The predicted octanol–water partition coefficient (Wildman–Crippen LogP) is 7.40. The molecule has 4 N–H and O–H groups in total. The average molecular weight is 852 g/mol. The van der Waals surface area contributed by atoms with Crippen molar-refractivity contribution in [2.45, 2.75) is 58.0 Å². The predicted molar refractivity (Wildman–Crippen MR) is 229 cm³/mol. The van der Waals surface area contributed by atoms with Crippen LogP contribution in [0.2, 0.25) is 0 Å². The molecular formula is C39H37N11O4S4. The number of hydrogen-bond donors (Lipinski definition) is 4. The highest BCUT2D eigenvalue weighted by molar-refractivity contribution is 7.19. The number of fused-ring (bicyclic) bond motifs is 8. The number of nitrogens with zero attached hydrogens (tertiary/aromatic N) is 9. The SMILES string of the molecule is CN(CC(C)(C)O)C(=O)[C@H]1CCc2c(sc3ncnc(Nc4ccc5nnsc5c4)c23)C1.O=C(O)[C@H]1CCc2c(sc3ncnc(Nc4ccc5nnsc5c4)c23)C1. The molecule has 8 aromatic rings. The number of carboxylic acids is 1. The smallest absolute Gasteiger partial charge is 0.306 e. The molecule has 0 aliphatic heterocycles. The van der Waals surface area contributed by atoms with Crippen LogP contribution in [0.3, 0.4) is 0 Å². The van der Waals surface area contributed by atoms with Crippen molar-refractivity contribution in [2.75, 3.05) is 24.2 Å². The summed E-state index contributed by atoms with van der Waals surface area (Å²) in [5, 5.41) is 36.4. The van der Waals surface area contributed by atoms with Crippen molar-refractivity contribution in [3.63, 3.8) is 0 Å². The lowest BCUT2D eigenvalue weighted by atomic mass is 9.86. The quantitative estimate of drug-likeness (QED) is 0.118. The van der Waals surface area contributed by atoms with E-state index in [2.05, 4.69) is 49.7 Å². The van der Waals surface area contributed by atoms with E-state index in [0.717, 1.165) is 88.0 Å². The molecule has 6 heterocycles. The summed E-state index contributed by atoms with van der Waals surface area (Å²) in [5.41, 5.74) is 5.13. The third kappa shape index (κ3) is 7.67. The Hall–Kier alpha value is -5.34. The number of carboxylic acid groups (broad SMARTS) is 1. The van der Waals surface area contributed by atoms with Gasteiger partial charge in [-0.15, -0.1) is 32.9 Å². The molecule has 2 aliphatic carbocycles. The zero-order valence-electron chi connectivity index (χ0n) is 31.6. The first-order valence-electron chi connectivity index (χ1n) is 18.7. The van der Waals surface area contributed by atoms with E-state index in [0.29, 0.717) is 25.8 Å². The summed E-state index contributed by atoms with van der Waals surface area (Å²) < 4.78 is 9.99. The summed E-state index contributed by atoms with van der Waals surface area (Å²) in [6.07, 6.45) is 7.38. The number of benzene rings is 2. The van der Waals surface area contributed by atoms with E-state index in [1.165, 1.54) is 39.1 Å². The molecule has 2 aliphatic rings. The van der Waals surface area contributed by atoms with Crippen LogP contribution in [-0.2, 0) is 35.3 Å². The minimum Gasteiger partial charge on any atom is -0.481 e. The number of carbonyl (C=O) groups excluding carboxylic acids is 1. The van der Waals surface area contributed by atoms with Gasteiger partial charge in [0.1, 0.15) is 45.0 Å². The summed E-state index contributed by atoms with van der Waals surface area (Å²) in [5.74, 6) is 0.538. The molecule has 0 radical (unpaired) electrons. The second-order valence-electron chi connectivity index (χ2n) is 15.2. The number of amides is 1. The van der Waals surface area contributed by atoms with Crippen molar-refractivity contribution in [1.82, 2.24) is 44.0 Å². The van der Waals surface area contributed by atoms with Gasteiger partial charge in [0.25, 0.3) is 0 Å². The van der Waals surface area contributed by atoms with Gasteiger partial charge < -0.3 is 25.7 Å². The second kappa shape index (κ2) is 15.4. The van der Waals surface area contributed by atoms with E-state index in [-0.39, 0.29) is 17.7 Å². The summed E-state index contributed by atoms with van der Waals surface area (Å²) in [7, 11) is 1.77. The molecule has 1 amide bonds. The zero-order chi connectivity index (χ0) is 40.1. The zero-order valence-corrected chi connectivity index (χ0v) is 34.9. The van der Waals surface area contributed by atoms with Gasteiger partial charge in [0.2, 0.25) is 5.91 Å². The summed E-state index contributed by atoms with van der Waals surface area (Å²) in [4.78, 5) is 48.0. The van der Waals surface area contributed by atoms with E-state index in [9.17, 15) is 19.8 Å². The van der Waals surface area contributed by atoms with Crippen LogP contribution in [0, 0.1) is 11.8 Å². The number of aliphatic hydroxyl groups is 1. The Balaban J connectivity index is 0.000000153. The number of anilines is 4. The van der Waals surface area contributed by atoms with E-state index in [4.69, 9.17) is 0 Å². The standard InChI is InChI=1S/C22H24N6O2S2.C17H13N5O2S2/c1-22(2,30)10-28(3)21(29)12-4-6-14-16(8-12)31-20-18(14)19(23-11-24-20)25-13-5-7-15-17(9-13)32-27-26-15;23-17(24)8-1-3-10-12(5-8)25-16-14(10)15(18-7-19-16)20-9-2-4-11-13(6-9)26-22-21-11/h5,7,9,11-12,30H,4,6,8,10H2,1-3H3,(H,23,24,25);2,4,6-8H,1,3,5H2,(H,23,24)(H,18,19,20)/t12-;8-/m00/s1. The lowest BCUT2D eigenvalue weighted by Crippen LogP contribution is -2.43. The molecule has 19 heteroatoms. The first-order valence-corrected chi connectivity index (χ1v) is 21.8. The number of rotatable bonds is 8. The van der Waals surface area contributed by atoms with Crippen molar-refractivity contribution in [3.8, 4) is 0 Å². The fourth-order valence-corrected chi connectivity index (χ4v) is 11.5. The molecule has 58 heavy (non-hydrogen) atoms. The Bertz CT molecular complexity index is 2840. The number of aliphatic carboxylic acids is 1. The number of nitrogens with one attached hydrogen (secondary N) is 2. The number of aryl methyl sites for hydroxylation is 2. The average Bonchev–Trinajstić information content (AvgIpc) is 4.01. The molecule has 0 spiro atoms. The number of likely N-dealkylation sites (N-methyl/N-ethyl adjacent to an activating group) is 1. The highest BCUT2D eigenvalue weighted by Gasteiger charge is 2.32. The van der Waals surface area contributed by atoms with E-state index in [1.807, 2.05) is 36.4 Å². The van der Waals surface area contributed by atoms with Gasteiger partial charge in [-0.25, -0.2) is 19.9 Å². The largest absolute Gasteiger partial charge is 0.481 e. The van der Waals surface area contributed by atoms with Crippen LogP contribution in [0.4, 0.5) is 23.0 Å². The number of aromatic nitrogens is 8. The van der Waals surface area contributed by atoms with Crippen LogP contribution in [0.1, 0.15) is 47.6 Å². The van der Waals surface area contributed by atoms with E-state index >= 15 is 0 Å². The Kier molecular flexibility index (Phi) is 10.2. The summed E-state index contributed by atoms with van der Waals surface area (Å²) >= 11 is 5.94. The van der Waals surface area contributed by atoms with Gasteiger partial charge in [-0.05, 0) is 123 Å². The first-order chi connectivity index (χ1) is 28.0. The van der Waals surface area contributed by atoms with Gasteiger partial charge >= 0.3 is 5.97 Å². The van der Waals surface area contributed by atoms with Crippen LogP contribution in [0.25, 0.3) is 40.9 Å². The first kappa shape index (κ1) is 38.2. The van der Waals surface area contributed by atoms with Crippen molar-refractivity contribution < 1.29 is 19.8 Å². The third-order valence-electron chi connectivity index (χ3n) is 10.4. The summed E-state index contributed by atoms with van der Waals surface area (Å²) in [6, 6.07) is 11.8. The molecule has 0 saturated heterocycles. The maximum Gasteiger partial charge on any atom is 0.306 e. The van der Waals surface area contributed by atoms with Gasteiger partial charge in [-0.3, -0.25) is 9.59 Å². The van der Waals surface area contributed by atoms with Crippen LogP contribution in [0.5, 0.6) is 0 Å². The Labute approximate surface area is 347 Å². The molecule has 10 rings (SSSR count). The molecule has 6 aromatic heterocycles. The highest BCUT2D eigenvalue weighted by atomic mass is 32.1. The fraction of sp³-hybridized carbons (Fsp3) is 0.333. The monoisotopic (exact) mass is 851 g/mol. The van der Waals surface area contributed by atoms with Gasteiger partial charge in [0, 0.05) is 40.6 Å². The second-order valence-corrected chi connectivity index (χ2v) is 18.9. The number of hydrogen-bond acceptors (Lipinski definition) is 17. The van der Waals surface area contributed by atoms with Crippen molar-refractivity contribution >= 4 is 121 Å². The minimum atomic E-state index is -0.906. The van der Waals surface area contributed by atoms with Crippen LogP contribution in [-0.4, -0.2) is 85.3 Å². The van der Waals surface area contributed by atoms with Crippen molar-refractivity contribution in [3.05, 3.63) is 69.9 Å². The van der Waals surface area contributed by atoms with Gasteiger partial charge in [0.15, 0.2) is 0 Å². The van der Waals surface area contributed by atoms with Crippen LogP contribution >= 0.6 is 45.7 Å². The molecule has 2 atom stereocenters. The normalized spacial score (nSPS) is 16.5. The van der Waals surface area contributed by atoms with Crippen molar-refractivity contribution in [2.24, 2.45) is 11.8 Å². The highest BCUT2D eigenvalue weighted by Crippen LogP contribution is 2.42. The molecular weight excluding hydrogens is 815 g/mol. The Morgan fingerprint density at radius 2 is 1.28 bits per heavy atom. The number of thiophene rings is 2. The molecule has 15 nitrogen and oxygen atoms in total. The molecule has 0 bridgehead atoms. The molecule has 2 aromatic carbocycles. The maximum atomic E-state index is 13.0. The van der Waals surface area contributed by atoms with Gasteiger partial charge in [-0.1, -0.05) is 8.98 Å². The van der Waals surface area contributed by atoms with Crippen molar-refractivity contribution in [1.29, 1.82) is 0 Å². The lowest BCUT2D eigenvalue weighted by Gasteiger charge is -2.30. The Morgan fingerprint density at radius 1 is 0.776 bits per heavy atom. The maximum absolute atomic E-state index is 13.0. The molecule has 0 saturated carbocycles. The number of carbonyl (C=O) groups is 2. The third-order valence-corrected chi connectivity index (χ3v) is 14.1. The van der Waals surface area contributed by atoms with Crippen LogP contribution < -0.4 is 10.6 Å². The summed E-state index contributed by atoms with van der Waals surface area (Å²) in [6.45, 7) is 3.76. The molecule has 0 fully saturated rings. The van der Waals surface area contributed by atoms with E-state index in [1.54, 1.807) is 61.1 Å². The Morgan fingerprint density at radius 3 is 1.78 bits per heavy atom. The molecule has 0 unspecified atom stereocenters. The topological polar surface area (TPSA) is 205 Å². The van der Waals surface area contributed by atoms with Gasteiger partial charge in [-0.2, -0.15) is 0 Å². The van der Waals surface area contributed by atoms with Crippen LogP contribution in [0.15, 0.2) is 49.1 Å². The fourth-order valence-electron chi connectivity index (χ4n) is 7.79. The minimum absolute atomic E-state index is 0.0754. The lowest BCUT2D eigenvalue weighted by molar-refractivity contribution is -0.142. The van der Waals surface area contributed by atoms with E-state index < -0.39 is 11.6 Å². The molecule has 296 valence electrons. The van der Waals surface area contributed by atoms with Gasteiger partial charge in [0.05, 0.1) is 31.7 Å².